The zero-order valence-corrected chi connectivity index (χ0v) is 22.1. The van der Waals surface area contributed by atoms with E-state index in [4.69, 9.17) is 14.6 Å². The van der Waals surface area contributed by atoms with Gasteiger partial charge in [0.15, 0.2) is 11.5 Å². The number of hydrogen-bond acceptors (Lipinski definition) is 4. The molecule has 1 aliphatic heterocycles. The van der Waals surface area contributed by atoms with E-state index in [1.807, 2.05) is 84.9 Å². The van der Waals surface area contributed by atoms with Gasteiger partial charge in [-0.25, -0.2) is 0 Å². The van der Waals surface area contributed by atoms with Crippen molar-refractivity contribution < 1.29 is 14.3 Å². The van der Waals surface area contributed by atoms with Crippen molar-refractivity contribution in [3.05, 3.63) is 143 Å². The van der Waals surface area contributed by atoms with Gasteiger partial charge in [0.2, 0.25) is 0 Å². The molecule has 5 nitrogen and oxygen atoms in total. The number of carbonyl (C=O) groups excluding carboxylic acids is 1. The van der Waals surface area contributed by atoms with Gasteiger partial charge in [0.1, 0.15) is 12.3 Å². The minimum absolute atomic E-state index is 0.191. The number of nitrogens with zero attached hydrogens (tertiary/aromatic N) is 2. The molecule has 0 aliphatic carbocycles. The lowest BCUT2D eigenvalue weighted by molar-refractivity contribution is -0.114. The van der Waals surface area contributed by atoms with Crippen molar-refractivity contribution in [1.29, 1.82) is 0 Å². The molecule has 0 fully saturated rings. The van der Waals surface area contributed by atoms with E-state index in [0.717, 1.165) is 22.3 Å². The number of allylic oxidation sites excluding steroid dienone is 1. The van der Waals surface area contributed by atoms with Gasteiger partial charge >= 0.3 is 0 Å². The van der Waals surface area contributed by atoms with Crippen molar-refractivity contribution in [3.63, 3.8) is 0 Å². The Balaban J connectivity index is 1.54. The zero-order valence-electron chi connectivity index (χ0n) is 22.1. The Morgan fingerprint density at radius 2 is 1.62 bits per heavy atom. The fourth-order valence-electron chi connectivity index (χ4n) is 4.49. The molecule has 0 bridgehead atoms. The highest BCUT2D eigenvalue weighted by molar-refractivity contribution is 6.37. The van der Waals surface area contributed by atoms with Crippen molar-refractivity contribution in [2.24, 2.45) is 5.10 Å². The van der Waals surface area contributed by atoms with Crippen LogP contribution in [0.3, 0.4) is 0 Å². The molecule has 0 atom stereocenters. The predicted octanol–water partition coefficient (Wildman–Crippen LogP) is 7.15. The summed E-state index contributed by atoms with van der Waals surface area (Å²) in [6.07, 6.45) is 4.29. The molecular formula is C34H30N2O3. The van der Waals surface area contributed by atoms with Crippen LogP contribution < -0.4 is 14.5 Å². The van der Waals surface area contributed by atoms with E-state index in [0.29, 0.717) is 41.5 Å². The van der Waals surface area contributed by atoms with Gasteiger partial charge in [0, 0.05) is 11.1 Å². The van der Waals surface area contributed by atoms with E-state index in [1.54, 1.807) is 7.11 Å². The average molecular weight is 515 g/mol. The van der Waals surface area contributed by atoms with Gasteiger partial charge in [-0.2, -0.15) is 10.1 Å². The molecular weight excluding hydrogens is 484 g/mol. The van der Waals surface area contributed by atoms with Gasteiger partial charge in [0.05, 0.1) is 18.4 Å². The monoisotopic (exact) mass is 514 g/mol. The van der Waals surface area contributed by atoms with Crippen LogP contribution in [0.5, 0.6) is 11.5 Å². The number of methoxy groups -OCH3 is 1. The SMILES string of the molecule is C=CCc1cc(/C=C2\C(=O)N(c3ccccc3)N=C2c2ccccc2)cc(OC)c1OCc1ccc(C)cc1. The summed E-state index contributed by atoms with van der Waals surface area (Å²) in [5, 5.41) is 6.19. The van der Waals surface area contributed by atoms with Gasteiger partial charge in [0.25, 0.3) is 5.91 Å². The maximum absolute atomic E-state index is 13.7. The van der Waals surface area contributed by atoms with E-state index in [-0.39, 0.29) is 5.91 Å². The Morgan fingerprint density at radius 1 is 0.923 bits per heavy atom. The Bertz CT molecular complexity index is 1540. The molecule has 0 N–H and O–H groups in total. The molecule has 0 unspecified atom stereocenters. The molecule has 0 saturated heterocycles. The van der Waals surface area contributed by atoms with Crippen LogP contribution in [0.25, 0.3) is 6.08 Å². The molecule has 0 spiro atoms. The van der Waals surface area contributed by atoms with E-state index >= 15 is 0 Å². The summed E-state index contributed by atoms with van der Waals surface area (Å²) in [6, 6.07) is 31.4. The fraction of sp³-hybridized carbons (Fsp3) is 0.118. The maximum atomic E-state index is 13.7. The highest BCUT2D eigenvalue weighted by atomic mass is 16.5. The standard InChI is InChI=1S/C34H30N2O3/c1-4-11-28-20-26(22-31(38-3)33(28)39-23-25-18-16-24(2)17-19-25)21-30-32(27-12-7-5-8-13-27)35-36(34(30)37)29-14-9-6-10-15-29/h4-10,12-22H,1,11,23H2,2-3H3/b30-21-. The minimum atomic E-state index is -0.191. The number of rotatable bonds is 9. The Morgan fingerprint density at radius 3 is 2.28 bits per heavy atom. The van der Waals surface area contributed by atoms with Crippen molar-refractivity contribution in [2.45, 2.75) is 20.0 Å². The van der Waals surface area contributed by atoms with Crippen molar-refractivity contribution >= 4 is 23.4 Å². The zero-order chi connectivity index (χ0) is 27.2. The first-order chi connectivity index (χ1) is 19.1. The molecule has 39 heavy (non-hydrogen) atoms. The summed E-state index contributed by atoms with van der Waals surface area (Å²) in [7, 11) is 1.62. The average Bonchev–Trinajstić information content (AvgIpc) is 3.29. The summed E-state index contributed by atoms with van der Waals surface area (Å²) in [4.78, 5) is 13.7. The second-order valence-electron chi connectivity index (χ2n) is 9.30. The first-order valence-corrected chi connectivity index (χ1v) is 12.8. The molecule has 0 radical (unpaired) electrons. The molecule has 0 saturated carbocycles. The van der Waals surface area contributed by atoms with Crippen molar-refractivity contribution in [1.82, 2.24) is 0 Å². The van der Waals surface area contributed by atoms with Crippen LogP contribution in [0.1, 0.15) is 27.8 Å². The van der Waals surface area contributed by atoms with Gasteiger partial charge in [-0.15, -0.1) is 6.58 Å². The van der Waals surface area contributed by atoms with Crippen LogP contribution in [0, 0.1) is 6.92 Å². The summed E-state index contributed by atoms with van der Waals surface area (Å²) in [5.41, 5.74) is 6.71. The third kappa shape index (κ3) is 5.68. The van der Waals surface area contributed by atoms with E-state index in [1.165, 1.54) is 10.6 Å². The number of carbonyl (C=O) groups is 1. The Hall–Kier alpha value is -4.90. The molecule has 194 valence electrons. The van der Waals surface area contributed by atoms with E-state index in [9.17, 15) is 4.79 Å². The van der Waals surface area contributed by atoms with Gasteiger partial charge in [-0.05, 0) is 54.8 Å². The van der Waals surface area contributed by atoms with E-state index in [2.05, 4.69) is 37.8 Å². The fourth-order valence-corrected chi connectivity index (χ4v) is 4.49. The number of para-hydroxylation sites is 1. The molecule has 5 rings (SSSR count). The lowest BCUT2D eigenvalue weighted by Gasteiger charge is -2.16. The lowest BCUT2D eigenvalue weighted by Crippen LogP contribution is -2.21. The molecule has 4 aromatic rings. The normalized spacial score (nSPS) is 13.9. The number of anilines is 1. The number of amides is 1. The van der Waals surface area contributed by atoms with Crippen LogP contribution in [-0.4, -0.2) is 18.7 Å². The van der Waals surface area contributed by atoms with Gasteiger partial charge in [-0.1, -0.05) is 84.4 Å². The highest BCUT2D eigenvalue weighted by Crippen LogP contribution is 2.36. The number of aryl methyl sites for hydroxylation is 1. The quantitative estimate of drug-likeness (QED) is 0.176. The summed E-state index contributed by atoms with van der Waals surface area (Å²) in [6.45, 7) is 6.40. The van der Waals surface area contributed by atoms with Crippen LogP contribution in [-0.2, 0) is 17.8 Å². The highest BCUT2D eigenvalue weighted by Gasteiger charge is 2.32. The number of benzene rings is 4. The van der Waals surface area contributed by atoms with Gasteiger partial charge in [-0.3, -0.25) is 4.79 Å². The maximum Gasteiger partial charge on any atom is 0.281 e. The third-order valence-electron chi connectivity index (χ3n) is 6.48. The number of hydrazone groups is 1. The molecule has 1 amide bonds. The topological polar surface area (TPSA) is 51.1 Å². The Kier molecular flexibility index (Phi) is 7.69. The molecule has 1 heterocycles. The molecule has 4 aromatic carbocycles. The van der Waals surface area contributed by atoms with Crippen LogP contribution >= 0.6 is 0 Å². The first-order valence-electron chi connectivity index (χ1n) is 12.8. The van der Waals surface area contributed by atoms with Crippen LogP contribution in [0.2, 0.25) is 0 Å². The number of ether oxygens (including phenoxy) is 2. The smallest absolute Gasteiger partial charge is 0.281 e. The third-order valence-corrected chi connectivity index (χ3v) is 6.48. The first kappa shape index (κ1) is 25.7. The summed E-state index contributed by atoms with van der Waals surface area (Å²) < 4.78 is 12.0. The Labute approximate surface area is 229 Å². The molecule has 5 heteroatoms. The summed E-state index contributed by atoms with van der Waals surface area (Å²) in [5.74, 6) is 1.07. The molecule has 0 aromatic heterocycles. The van der Waals surface area contributed by atoms with Crippen LogP contribution in [0.4, 0.5) is 5.69 Å². The minimum Gasteiger partial charge on any atom is -0.493 e. The lowest BCUT2D eigenvalue weighted by atomic mass is 9.98. The largest absolute Gasteiger partial charge is 0.493 e. The molecule has 1 aliphatic rings. The van der Waals surface area contributed by atoms with E-state index < -0.39 is 0 Å². The van der Waals surface area contributed by atoms with Crippen molar-refractivity contribution in [2.75, 3.05) is 12.1 Å². The second kappa shape index (κ2) is 11.7. The second-order valence-corrected chi connectivity index (χ2v) is 9.30. The number of hydrogen-bond donors (Lipinski definition) is 0. The van der Waals surface area contributed by atoms with Gasteiger partial charge < -0.3 is 9.47 Å². The predicted molar refractivity (Wildman–Crippen MR) is 157 cm³/mol. The van der Waals surface area contributed by atoms with Crippen LogP contribution in [0.15, 0.2) is 120 Å². The van der Waals surface area contributed by atoms with Crippen molar-refractivity contribution in [3.8, 4) is 11.5 Å². The summed E-state index contributed by atoms with van der Waals surface area (Å²) >= 11 is 0.